The highest BCUT2D eigenvalue weighted by molar-refractivity contribution is 5.25. The van der Waals surface area contributed by atoms with Gasteiger partial charge in [0.1, 0.15) is 6.33 Å². The van der Waals surface area contributed by atoms with E-state index in [1.165, 1.54) is 6.33 Å². The second-order valence-electron chi connectivity index (χ2n) is 3.78. The van der Waals surface area contributed by atoms with Crippen molar-refractivity contribution in [2.24, 2.45) is 11.7 Å². The van der Waals surface area contributed by atoms with Crippen molar-refractivity contribution in [3.05, 3.63) is 18.1 Å². The van der Waals surface area contributed by atoms with Crippen LogP contribution in [0.4, 0.5) is 0 Å². The Morgan fingerprint density at radius 2 is 2.27 bits per heavy atom. The van der Waals surface area contributed by atoms with E-state index in [9.17, 15) is 0 Å². The average Bonchev–Trinajstić information content (AvgIpc) is 2.25. The van der Waals surface area contributed by atoms with Crippen molar-refractivity contribution in [2.45, 2.75) is 19.9 Å². The molecule has 1 aromatic rings. The van der Waals surface area contributed by atoms with Crippen molar-refractivity contribution in [2.75, 3.05) is 13.2 Å². The topological polar surface area (TPSA) is 81.3 Å². The number of ether oxygens (including phenoxy) is 1. The van der Waals surface area contributed by atoms with Gasteiger partial charge in [-0.1, -0.05) is 13.8 Å². The van der Waals surface area contributed by atoms with E-state index in [0.717, 1.165) is 0 Å². The number of aliphatic hydroxyl groups excluding tert-OH is 1. The van der Waals surface area contributed by atoms with Crippen molar-refractivity contribution < 1.29 is 9.84 Å². The minimum atomic E-state index is -0.492. The van der Waals surface area contributed by atoms with Gasteiger partial charge in [0.05, 0.1) is 24.8 Å². The highest BCUT2D eigenvalue weighted by Gasteiger charge is 2.13. The maximum atomic E-state index is 8.95. The Hall–Kier alpha value is -1.20. The fourth-order valence-electron chi connectivity index (χ4n) is 1.05. The van der Waals surface area contributed by atoms with Crippen LogP contribution in [0.1, 0.15) is 25.5 Å². The number of aliphatic hydroxyl groups is 1. The molecule has 1 aromatic heterocycles. The zero-order valence-electron chi connectivity index (χ0n) is 9.05. The van der Waals surface area contributed by atoms with Gasteiger partial charge in [0.15, 0.2) is 0 Å². The number of nitrogens with zero attached hydrogens (tertiary/aromatic N) is 2. The molecule has 1 unspecified atom stereocenters. The lowest BCUT2D eigenvalue weighted by molar-refractivity contribution is 0.241. The fourth-order valence-corrected chi connectivity index (χ4v) is 1.05. The summed E-state index contributed by atoms with van der Waals surface area (Å²) >= 11 is 0. The summed E-state index contributed by atoms with van der Waals surface area (Å²) in [7, 11) is 0. The van der Waals surface area contributed by atoms with Gasteiger partial charge in [-0.3, -0.25) is 0 Å². The number of hydrogen-bond acceptors (Lipinski definition) is 5. The molecule has 1 atom stereocenters. The molecule has 0 fully saturated rings. The zero-order chi connectivity index (χ0) is 11.3. The Morgan fingerprint density at radius 1 is 1.53 bits per heavy atom. The Balaban J connectivity index is 2.77. The monoisotopic (exact) mass is 211 g/mol. The minimum absolute atomic E-state index is 0.147. The zero-order valence-corrected chi connectivity index (χ0v) is 9.05. The van der Waals surface area contributed by atoms with Crippen molar-refractivity contribution in [3.8, 4) is 5.88 Å². The predicted molar refractivity (Wildman–Crippen MR) is 56.4 cm³/mol. The molecule has 0 bridgehead atoms. The molecule has 0 aliphatic heterocycles. The first kappa shape index (κ1) is 11.9. The molecule has 0 aromatic carbocycles. The number of rotatable bonds is 5. The Kier molecular flexibility index (Phi) is 4.45. The molecule has 5 nitrogen and oxygen atoms in total. The van der Waals surface area contributed by atoms with Crippen molar-refractivity contribution >= 4 is 0 Å². The SMILES string of the molecule is CC(C)COc1ncncc1C(N)CO. The molecule has 5 heteroatoms. The summed E-state index contributed by atoms with van der Waals surface area (Å²) in [6.07, 6.45) is 2.98. The smallest absolute Gasteiger partial charge is 0.221 e. The third-order valence-electron chi connectivity index (χ3n) is 1.85. The van der Waals surface area contributed by atoms with Gasteiger partial charge in [-0.25, -0.2) is 9.97 Å². The van der Waals surface area contributed by atoms with Gasteiger partial charge in [0.2, 0.25) is 5.88 Å². The van der Waals surface area contributed by atoms with Gasteiger partial charge in [-0.2, -0.15) is 0 Å². The van der Waals surface area contributed by atoms with Crippen LogP contribution >= 0.6 is 0 Å². The first-order valence-electron chi connectivity index (χ1n) is 4.94. The van der Waals surface area contributed by atoms with Crippen LogP contribution in [0.25, 0.3) is 0 Å². The van der Waals surface area contributed by atoms with Gasteiger partial charge in [-0.05, 0) is 5.92 Å². The van der Waals surface area contributed by atoms with Crippen LogP contribution in [-0.4, -0.2) is 28.3 Å². The standard InChI is InChI=1S/C10H17N3O2/c1-7(2)5-15-10-8(9(11)4-14)3-12-6-13-10/h3,6-7,9,14H,4-5,11H2,1-2H3. The molecule has 0 saturated carbocycles. The lowest BCUT2D eigenvalue weighted by atomic mass is 10.1. The first-order chi connectivity index (χ1) is 7.15. The molecule has 0 aliphatic carbocycles. The number of nitrogens with two attached hydrogens (primary N) is 1. The molecule has 0 aliphatic rings. The van der Waals surface area contributed by atoms with E-state index in [0.29, 0.717) is 24.0 Å². The number of hydrogen-bond donors (Lipinski definition) is 2. The second-order valence-corrected chi connectivity index (χ2v) is 3.78. The molecule has 1 rings (SSSR count). The molecule has 15 heavy (non-hydrogen) atoms. The van der Waals surface area contributed by atoms with Crippen LogP contribution < -0.4 is 10.5 Å². The molecular weight excluding hydrogens is 194 g/mol. The van der Waals surface area contributed by atoms with E-state index < -0.39 is 6.04 Å². The lowest BCUT2D eigenvalue weighted by Gasteiger charge is -2.14. The van der Waals surface area contributed by atoms with E-state index in [2.05, 4.69) is 9.97 Å². The summed E-state index contributed by atoms with van der Waals surface area (Å²) in [5.74, 6) is 0.874. The van der Waals surface area contributed by atoms with Gasteiger partial charge in [0.25, 0.3) is 0 Å². The van der Waals surface area contributed by atoms with E-state index in [-0.39, 0.29) is 6.61 Å². The summed E-state index contributed by atoms with van der Waals surface area (Å²) in [4.78, 5) is 7.85. The summed E-state index contributed by atoms with van der Waals surface area (Å²) in [5.41, 5.74) is 6.33. The Labute approximate surface area is 89.3 Å². The molecule has 0 saturated heterocycles. The van der Waals surface area contributed by atoms with Crippen LogP contribution in [0.5, 0.6) is 5.88 Å². The van der Waals surface area contributed by atoms with Crippen LogP contribution in [0, 0.1) is 5.92 Å². The predicted octanol–water partition coefficient (Wildman–Crippen LogP) is 0.504. The highest BCUT2D eigenvalue weighted by atomic mass is 16.5. The first-order valence-corrected chi connectivity index (χ1v) is 4.94. The van der Waals surface area contributed by atoms with Gasteiger partial charge < -0.3 is 15.6 Å². The average molecular weight is 211 g/mol. The van der Waals surface area contributed by atoms with Gasteiger partial charge in [-0.15, -0.1) is 0 Å². The van der Waals surface area contributed by atoms with Gasteiger partial charge >= 0.3 is 0 Å². The maximum Gasteiger partial charge on any atom is 0.221 e. The summed E-state index contributed by atoms with van der Waals surface area (Å²) in [6.45, 7) is 4.52. The largest absolute Gasteiger partial charge is 0.477 e. The maximum absolute atomic E-state index is 8.95. The molecule has 0 amide bonds. The van der Waals surface area contributed by atoms with Crippen LogP contribution in [0.3, 0.4) is 0 Å². The van der Waals surface area contributed by atoms with Crippen LogP contribution in [0.15, 0.2) is 12.5 Å². The summed E-state index contributed by atoms with van der Waals surface area (Å²) in [6, 6.07) is -0.492. The summed E-state index contributed by atoms with van der Waals surface area (Å²) in [5, 5.41) is 8.95. The molecular formula is C10H17N3O2. The third kappa shape index (κ3) is 3.45. The number of aromatic nitrogens is 2. The lowest BCUT2D eigenvalue weighted by Crippen LogP contribution is -2.17. The third-order valence-corrected chi connectivity index (χ3v) is 1.85. The van der Waals surface area contributed by atoms with E-state index >= 15 is 0 Å². The minimum Gasteiger partial charge on any atom is -0.477 e. The van der Waals surface area contributed by atoms with E-state index in [4.69, 9.17) is 15.6 Å². The summed E-state index contributed by atoms with van der Waals surface area (Å²) < 4.78 is 5.48. The molecule has 3 N–H and O–H groups in total. The van der Waals surface area contributed by atoms with Crippen molar-refractivity contribution in [1.29, 1.82) is 0 Å². The molecule has 84 valence electrons. The fraction of sp³-hybridized carbons (Fsp3) is 0.600. The van der Waals surface area contributed by atoms with E-state index in [1.54, 1.807) is 6.20 Å². The van der Waals surface area contributed by atoms with Crippen LogP contribution in [-0.2, 0) is 0 Å². The van der Waals surface area contributed by atoms with Gasteiger partial charge in [0, 0.05) is 6.20 Å². The Morgan fingerprint density at radius 3 is 2.87 bits per heavy atom. The van der Waals surface area contributed by atoms with Crippen molar-refractivity contribution in [1.82, 2.24) is 9.97 Å². The van der Waals surface area contributed by atoms with Crippen LogP contribution in [0.2, 0.25) is 0 Å². The normalized spacial score (nSPS) is 12.9. The molecule has 0 spiro atoms. The Bertz CT molecular complexity index is 304. The molecule has 1 heterocycles. The highest BCUT2D eigenvalue weighted by Crippen LogP contribution is 2.19. The van der Waals surface area contributed by atoms with Crippen molar-refractivity contribution in [3.63, 3.8) is 0 Å². The molecule has 0 radical (unpaired) electrons. The quantitative estimate of drug-likeness (QED) is 0.741. The van der Waals surface area contributed by atoms with E-state index in [1.807, 2.05) is 13.8 Å². The second kappa shape index (κ2) is 5.63.